The largest absolute Gasteiger partial charge is 0.507 e. The predicted octanol–water partition coefficient (Wildman–Crippen LogP) is 2.62. The second-order valence-electron chi connectivity index (χ2n) is 6.51. The Morgan fingerprint density at radius 1 is 1.11 bits per heavy atom. The zero-order valence-electron chi connectivity index (χ0n) is 15.6. The van der Waals surface area contributed by atoms with Gasteiger partial charge in [-0.1, -0.05) is 6.07 Å². The van der Waals surface area contributed by atoms with E-state index in [4.69, 9.17) is 4.74 Å². The van der Waals surface area contributed by atoms with Gasteiger partial charge in [0.2, 0.25) is 10.0 Å². The fourth-order valence-corrected chi connectivity index (χ4v) is 5.07. The Balaban J connectivity index is 1.75. The maximum absolute atomic E-state index is 12.9. The molecule has 0 bridgehead atoms. The van der Waals surface area contributed by atoms with Gasteiger partial charge >= 0.3 is 0 Å². The van der Waals surface area contributed by atoms with Crippen LogP contribution in [0.3, 0.4) is 0 Å². The average molecular weight is 469 g/mol. The van der Waals surface area contributed by atoms with Crippen LogP contribution < -0.4 is 4.74 Å². The molecule has 1 saturated heterocycles. The smallest absolute Gasteiger partial charge is 0.255 e. The van der Waals surface area contributed by atoms with Crippen LogP contribution in [0.5, 0.6) is 11.5 Å². The molecule has 0 spiro atoms. The van der Waals surface area contributed by atoms with Crippen molar-refractivity contribution in [3.63, 3.8) is 0 Å². The third-order valence-corrected chi connectivity index (χ3v) is 7.28. The molecule has 28 heavy (non-hydrogen) atoms. The summed E-state index contributed by atoms with van der Waals surface area (Å²) in [5.74, 6) is 0.105. The number of phenolic OH excluding ortho intramolecular Hbond substituents is 1. The third-order valence-electron chi connectivity index (χ3n) is 4.66. The number of carbonyl (C=O) groups is 1. The van der Waals surface area contributed by atoms with Crippen LogP contribution in [-0.2, 0) is 10.0 Å². The first-order chi connectivity index (χ1) is 13.2. The number of carbonyl (C=O) groups excluding carboxylic acids is 1. The first-order valence-electron chi connectivity index (χ1n) is 8.66. The van der Waals surface area contributed by atoms with Crippen molar-refractivity contribution in [1.29, 1.82) is 0 Å². The van der Waals surface area contributed by atoms with Crippen LogP contribution in [0.2, 0.25) is 0 Å². The van der Waals surface area contributed by atoms with Crippen molar-refractivity contribution in [2.75, 3.05) is 33.3 Å². The maximum Gasteiger partial charge on any atom is 0.255 e. The van der Waals surface area contributed by atoms with Gasteiger partial charge in [0.25, 0.3) is 5.91 Å². The highest BCUT2D eigenvalue weighted by Gasteiger charge is 2.32. The van der Waals surface area contributed by atoms with Gasteiger partial charge in [0.15, 0.2) is 0 Å². The Kier molecular flexibility index (Phi) is 5.97. The number of rotatable bonds is 4. The molecule has 3 rings (SSSR count). The zero-order valence-corrected chi connectivity index (χ0v) is 18.0. The molecule has 1 aliphatic rings. The summed E-state index contributed by atoms with van der Waals surface area (Å²) in [4.78, 5) is 14.4. The van der Waals surface area contributed by atoms with E-state index < -0.39 is 10.0 Å². The molecule has 150 valence electrons. The Morgan fingerprint density at radius 2 is 1.79 bits per heavy atom. The summed E-state index contributed by atoms with van der Waals surface area (Å²) >= 11 is 3.38. The fraction of sp³-hybridized carbons (Fsp3) is 0.316. The molecule has 0 aromatic heterocycles. The molecule has 0 aliphatic carbocycles. The van der Waals surface area contributed by atoms with Gasteiger partial charge < -0.3 is 14.7 Å². The number of sulfonamides is 1. The Hall–Kier alpha value is -2.10. The summed E-state index contributed by atoms with van der Waals surface area (Å²) in [5, 5.41) is 9.98. The van der Waals surface area contributed by atoms with Crippen molar-refractivity contribution in [2.45, 2.75) is 11.8 Å². The monoisotopic (exact) mass is 468 g/mol. The SMILES string of the molecule is COc1ccc(Br)c(C(=O)N2CCN(S(=O)(=O)c3cc(C)ccc3O)CC2)c1. The molecular formula is C19H21BrN2O5S. The van der Waals surface area contributed by atoms with E-state index in [-0.39, 0.29) is 42.7 Å². The van der Waals surface area contributed by atoms with Gasteiger partial charge in [-0.3, -0.25) is 4.79 Å². The number of hydrogen-bond donors (Lipinski definition) is 1. The molecule has 1 heterocycles. The Bertz CT molecular complexity index is 1000. The van der Waals surface area contributed by atoms with Gasteiger partial charge in [-0.05, 0) is 58.7 Å². The molecule has 0 saturated carbocycles. The first kappa shape index (κ1) is 20.6. The molecule has 0 unspecified atom stereocenters. The molecule has 2 aromatic rings. The molecule has 2 aromatic carbocycles. The van der Waals surface area contributed by atoms with Crippen molar-refractivity contribution >= 4 is 31.9 Å². The van der Waals surface area contributed by atoms with Crippen molar-refractivity contribution in [3.05, 3.63) is 52.0 Å². The molecule has 1 aliphatic heterocycles. The van der Waals surface area contributed by atoms with E-state index in [9.17, 15) is 18.3 Å². The summed E-state index contributed by atoms with van der Waals surface area (Å²) in [6, 6.07) is 9.63. The fourth-order valence-electron chi connectivity index (χ4n) is 3.06. The van der Waals surface area contributed by atoms with Gasteiger partial charge in [0, 0.05) is 30.7 Å². The van der Waals surface area contributed by atoms with E-state index in [2.05, 4.69) is 15.9 Å². The number of benzene rings is 2. The van der Waals surface area contributed by atoms with Crippen LogP contribution in [0.15, 0.2) is 45.8 Å². The molecular weight excluding hydrogens is 448 g/mol. The molecule has 7 nitrogen and oxygen atoms in total. The zero-order chi connectivity index (χ0) is 20.5. The molecule has 1 amide bonds. The molecule has 1 fully saturated rings. The normalized spacial score (nSPS) is 15.5. The van der Waals surface area contributed by atoms with Crippen LogP contribution in [-0.4, -0.2) is 61.9 Å². The van der Waals surface area contributed by atoms with Gasteiger partial charge in [0.05, 0.1) is 12.7 Å². The molecule has 0 radical (unpaired) electrons. The lowest BCUT2D eigenvalue weighted by Gasteiger charge is -2.34. The van der Waals surface area contributed by atoms with Gasteiger partial charge in [0.1, 0.15) is 16.4 Å². The number of halogens is 1. The van der Waals surface area contributed by atoms with Crippen molar-refractivity contribution in [1.82, 2.24) is 9.21 Å². The third kappa shape index (κ3) is 4.01. The van der Waals surface area contributed by atoms with Crippen molar-refractivity contribution < 1.29 is 23.1 Å². The Labute approximate surface area is 172 Å². The summed E-state index contributed by atoms with van der Waals surface area (Å²) in [6.45, 7) is 2.59. The van der Waals surface area contributed by atoms with E-state index in [0.717, 1.165) is 5.56 Å². The number of hydrogen-bond acceptors (Lipinski definition) is 5. The lowest BCUT2D eigenvalue weighted by molar-refractivity contribution is 0.0696. The number of nitrogens with zero attached hydrogens (tertiary/aromatic N) is 2. The summed E-state index contributed by atoms with van der Waals surface area (Å²) < 4.78 is 32.9. The number of ether oxygens (including phenoxy) is 1. The highest BCUT2D eigenvalue weighted by atomic mass is 79.9. The van der Waals surface area contributed by atoms with Gasteiger partial charge in [-0.2, -0.15) is 4.31 Å². The lowest BCUT2D eigenvalue weighted by Crippen LogP contribution is -2.50. The second-order valence-corrected chi connectivity index (χ2v) is 9.27. The molecule has 9 heteroatoms. The van der Waals surface area contributed by atoms with Gasteiger partial charge in [-0.25, -0.2) is 8.42 Å². The standard InChI is InChI=1S/C19H21BrN2O5S/c1-13-3-6-17(23)18(11-13)28(25,26)22-9-7-21(8-10-22)19(24)15-12-14(27-2)4-5-16(15)20/h3-6,11-12,23H,7-10H2,1-2H3. The average Bonchev–Trinajstić information content (AvgIpc) is 2.69. The minimum Gasteiger partial charge on any atom is -0.507 e. The van der Waals surface area contributed by atoms with E-state index in [0.29, 0.717) is 15.8 Å². The van der Waals surface area contributed by atoms with E-state index in [1.807, 2.05) is 0 Å². The Morgan fingerprint density at radius 3 is 2.43 bits per heavy atom. The minimum atomic E-state index is -3.83. The number of piperazine rings is 1. The highest BCUT2D eigenvalue weighted by Crippen LogP contribution is 2.28. The number of phenols is 1. The maximum atomic E-state index is 12.9. The van der Waals surface area contributed by atoms with Crippen LogP contribution in [0.25, 0.3) is 0 Å². The molecule has 0 atom stereocenters. The van der Waals surface area contributed by atoms with Crippen LogP contribution >= 0.6 is 15.9 Å². The van der Waals surface area contributed by atoms with E-state index in [1.165, 1.54) is 23.5 Å². The topological polar surface area (TPSA) is 87.2 Å². The summed E-state index contributed by atoms with van der Waals surface area (Å²) in [6.07, 6.45) is 0. The van der Waals surface area contributed by atoms with Gasteiger partial charge in [-0.15, -0.1) is 0 Å². The number of methoxy groups -OCH3 is 1. The summed E-state index contributed by atoms with van der Waals surface area (Å²) in [5.41, 5.74) is 1.21. The van der Waals surface area contributed by atoms with Crippen LogP contribution in [0, 0.1) is 6.92 Å². The quantitative estimate of drug-likeness (QED) is 0.744. The number of aromatic hydroxyl groups is 1. The molecule has 1 N–H and O–H groups in total. The number of amides is 1. The first-order valence-corrected chi connectivity index (χ1v) is 10.9. The highest BCUT2D eigenvalue weighted by molar-refractivity contribution is 9.10. The van der Waals surface area contributed by atoms with Crippen LogP contribution in [0.1, 0.15) is 15.9 Å². The minimum absolute atomic E-state index is 0.109. The summed E-state index contributed by atoms with van der Waals surface area (Å²) in [7, 11) is -2.30. The van der Waals surface area contributed by atoms with E-state index in [1.54, 1.807) is 36.1 Å². The number of aryl methyl sites for hydroxylation is 1. The van der Waals surface area contributed by atoms with Crippen molar-refractivity contribution in [3.8, 4) is 11.5 Å². The predicted molar refractivity (Wildman–Crippen MR) is 108 cm³/mol. The second kappa shape index (κ2) is 8.10. The van der Waals surface area contributed by atoms with E-state index >= 15 is 0 Å². The van der Waals surface area contributed by atoms with Crippen LogP contribution in [0.4, 0.5) is 0 Å². The lowest BCUT2D eigenvalue weighted by atomic mass is 10.1. The van der Waals surface area contributed by atoms with Crippen molar-refractivity contribution in [2.24, 2.45) is 0 Å².